The van der Waals surface area contributed by atoms with Gasteiger partial charge >= 0.3 is 0 Å². The molecule has 0 saturated carbocycles. The third-order valence-corrected chi connectivity index (χ3v) is 3.92. The molecule has 0 atom stereocenters. The highest BCUT2D eigenvalue weighted by Crippen LogP contribution is 2.25. The van der Waals surface area contributed by atoms with Crippen LogP contribution in [0, 0.1) is 13.8 Å². The van der Waals surface area contributed by atoms with Gasteiger partial charge in [0.25, 0.3) is 0 Å². The van der Waals surface area contributed by atoms with Crippen molar-refractivity contribution in [2.24, 2.45) is 0 Å². The molecule has 1 aromatic carbocycles. The van der Waals surface area contributed by atoms with Crippen molar-refractivity contribution >= 4 is 22.8 Å². The van der Waals surface area contributed by atoms with Crippen LogP contribution in [0.25, 0.3) is 11.0 Å². The summed E-state index contributed by atoms with van der Waals surface area (Å²) in [4.78, 5) is 0. The zero-order valence-electron chi connectivity index (χ0n) is 10.9. The van der Waals surface area contributed by atoms with E-state index in [0.29, 0.717) is 0 Å². The second kappa shape index (κ2) is 5.58. The summed E-state index contributed by atoms with van der Waals surface area (Å²) in [5.41, 5.74) is 6.25. The van der Waals surface area contributed by atoms with E-state index in [0.717, 1.165) is 11.0 Å². The molecule has 0 unspecified atom stereocenters. The fourth-order valence-corrected chi connectivity index (χ4v) is 2.94. The Balaban J connectivity index is 2.19. The van der Waals surface area contributed by atoms with Gasteiger partial charge in [0.05, 0.1) is 11.7 Å². The van der Waals surface area contributed by atoms with E-state index in [1.165, 1.54) is 60.5 Å². The first kappa shape index (κ1) is 12.5. The molecule has 92 valence electrons. The van der Waals surface area contributed by atoms with Crippen LogP contribution < -0.4 is 0 Å². The molecule has 0 aliphatic rings. The van der Waals surface area contributed by atoms with Crippen LogP contribution in [0.2, 0.25) is 0 Å². The van der Waals surface area contributed by atoms with Gasteiger partial charge in [0.1, 0.15) is 11.0 Å². The standard InChI is InChI=1S/C14H20N2S/c1-4-5-6-7-8-12-9-10(2)13-14(11(12)3)16-17-15-13/h9H,4-8H2,1-3H3. The van der Waals surface area contributed by atoms with Crippen LogP contribution >= 0.6 is 11.7 Å². The number of aryl methyl sites for hydroxylation is 3. The Morgan fingerprint density at radius 3 is 2.59 bits per heavy atom. The highest BCUT2D eigenvalue weighted by Gasteiger charge is 2.09. The average Bonchev–Trinajstić information content (AvgIpc) is 2.80. The first-order valence-electron chi connectivity index (χ1n) is 6.45. The van der Waals surface area contributed by atoms with E-state index in [2.05, 4.69) is 35.6 Å². The lowest BCUT2D eigenvalue weighted by molar-refractivity contribution is 0.666. The Bertz CT molecular complexity index is 502. The number of unbranched alkanes of at least 4 members (excludes halogenated alkanes) is 3. The second-order valence-electron chi connectivity index (χ2n) is 4.75. The molecule has 0 radical (unpaired) electrons. The van der Waals surface area contributed by atoms with E-state index < -0.39 is 0 Å². The van der Waals surface area contributed by atoms with Gasteiger partial charge < -0.3 is 0 Å². The largest absolute Gasteiger partial charge is 0.173 e. The molecule has 3 heteroatoms. The van der Waals surface area contributed by atoms with Gasteiger partial charge in [0.2, 0.25) is 0 Å². The average molecular weight is 248 g/mol. The molecule has 17 heavy (non-hydrogen) atoms. The first-order chi connectivity index (χ1) is 8.24. The smallest absolute Gasteiger partial charge is 0.108 e. The first-order valence-corrected chi connectivity index (χ1v) is 7.18. The van der Waals surface area contributed by atoms with Gasteiger partial charge in [-0.05, 0) is 43.4 Å². The minimum atomic E-state index is 1.09. The third-order valence-electron chi connectivity index (χ3n) is 3.39. The zero-order valence-corrected chi connectivity index (χ0v) is 11.7. The SMILES string of the molecule is CCCCCCc1cc(C)c2nsnc2c1C. The molecule has 1 heterocycles. The summed E-state index contributed by atoms with van der Waals surface area (Å²) in [7, 11) is 0. The molecular formula is C14H20N2S. The molecule has 0 bridgehead atoms. The molecule has 2 rings (SSSR count). The van der Waals surface area contributed by atoms with Gasteiger partial charge in [-0.3, -0.25) is 0 Å². The summed E-state index contributed by atoms with van der Waals surface area (Å²) in [6.07, 6.45) is 6.45. The number of hydrogen-bond donors (Lipinski definition) is 0. The molecule has 0 fully saturated rings. The number of nitrogens with zero attached hydrogens (tertiary/aromatic N) is 2. The lowest BCUT2D eigenvalue weighted by Crippen LogP contribution is -1.94. The third kappa shape index (κ3) is 2.65. The maximum atomic E-state index is 4.41. The Morgan fingerprint density at radius 1 is 1.06 bits per heavy atom. The van der Waals surface area contributed by atoms with Crippen LogP contribution in [0.4, 0.5) is 0 Å². The van der Waals surface area contributed by atoms with Crippen molar-refractivity contribution in [1.29, 1.82) is 0 Å². The topological polar surface area (TPSA) is 25.8 Å². The highest BCUT2D eigenvalue weighted by molar-refractivity contribution is 7.00. The molecule has 0 aliphatic carbocycles. The summed E-state index contributed by atoms with van der Waals surface area (Å²) in [6, 6.07) is 2.30. The van der Waals surface area contributed by atoms with E-state index in [4.69, 9.17) is 0 Å². The lowest BCUT2D eigenvalue weighted by atomic mass is 9.98. The van der Waals surface area contributed by atoms with Crippen molar-refractivity contribution in [1.82, 2.24) is 8.75 Å². The van der Waals surface area contributed by atoms with Crippen molar-refractivity contribution in [2.75, 3.05) is 0 Å². The van der Waals surface area contributed by atoms with E-state index >= 15 is 0 Å². The van der Waals surface area contributed by atoms with Gasteiger partial charge in [-0.1, -0.05) is 32.3 Å². The van der Waals surface area contributed by atoms with Gasteiger partial charge in [-0.25, -0.2) is 0 Å². The fraction of sp³-hybridized carbons (Fsp3) is 0.571. The molecule has 0 aliphatic heterocycles. The Kier molecular flexibility index (Phi) is 4.11. The monoisotopic (exact) mass is 248 g/mol. The number of benzene rings is 1. The fourth-order valence-electron chi connectivity index (χ4n) is 2.29. The Hall–Kier alpha value is -0.960. The summed E-state index contributed by atoms with van der Waals surface area (Å²) >= 11 is 1.32. The molecule has 1 aromatic heterocycles. The number of rotatable bonds is 5. The molecule has 0 saturated heterocycles. The van der Waals surface area contributed by atoms with Gasteiger partial charge in [0, 0.05) is 0 Å². The van der Waals surface area contributed by atoms with Crippen LogP contribution in [0.3, 0.4) is 0 Å². The van der Waals surface area contributed by atoms with Crippen molar-refractivity contribution in [3.05, 3.63) is 22.8 Å². The molecule has 2 aromatic rings. The van der Waals surface area contributed by atoms with E-state index in [-0.39, 0.29) is 0 Å². The maximum Gasteiger partial charge on any atom is 0.108 e. The van der Waals surface area contributed by atoms with E-state index in [1.807, 2.05) is 0 Å². The summed E-state index contributed by atoms with van der Waals surface area (Å²) in [5.74, 6) is 0. The molecule has 2 nitrogen and oxygen atoms in total. The van der Waals surface area contributed by atoms with Crippen LogP contribution in [-0.4, -0.2) is 8.75 Å². The van der Waals surface area contributed by atoms with Crippen molar-refractivity contribution in [2.45, 2.75) is 52.9 Å². The Morgan fingerprint density at radius 2 is 1.82 bits per heavy atom. The van der Waals surface area contributed by atoms with Crippen molar-refractivity contribution in [3.63, 3.8) is 0 Å². The lowest BCUT2D eigenvalue weighted by Gasteiger charge is -2.08. The molecular weight excluding hydrogens is 228 g/mol. The van der Waals surface area contributed by atoms with Crippen molar-refractivity contribution < 1.29 is 0 Å². The highest BCUT2D eigenvalue weighted by atomic mass is 32.1. The minimum Gasteiger partial charge on any atom is -0.173 e. The summed E-state index contributed by atoms with van der Waals surface area (Å²) < 4.78 is 8.78. The van der Waals surface area contributed by atoms with Gasteiger partial charge in [-0.15, -0.1) is 0 Å². The van der Waals surface area contributed by atoms with Crippen LogP contribution in [0.15, 0.2) is 6.07 Å². The van der Waals surface area contributed by atoms with E-state index in [1.54, 1.807) is 0 Å². The maximum absolute atomic E-state index is 4.41. The number of fused-ring (bicyclic) bond motifs is 1. The molecule has 0 spiro atoms. The molecule has 0 amide bonds. The number of aromatic nitrogens is 2. The van der Waals surface area contributed by atoms with Crippen LogP contribution in [-0.2, 0) is 6.42 Å². The van der Waals surface area contributed by atoms with E-state index in [9.17, 15) is 0 Å². The quantitative estimate of drug-likeness (QED) is 0.731. The minimum absolute atomic E-state index is 1.09. The molecule has 0 N–H and O–H groups in total. The van der Waals surface area contributed by atoms with Crippen LogP contribution in [0.1, 0.15) is 49.3 Å². The normalized spacial score (nSPS) is 11.2. The number of hydrogen-bond acceptors (Lipinski definition) is 3. The summed E-state index contributed by atoms with van der Waals surface area (Å²) in [6.45, 7) is 6.57. The summed E-state index contributed by atoms with van der Waals surface area (Å²) in [5, 5.41) is 0. The van der Waals surface area contributed by atoms with Gasteiger partial charge in [-0.2, -0.15) is 8.75 Å². The van der Waals surface area contributed by atoms with Crippen LogP contribution in [0.5, 0.6) is 0 Å². The predicted octanol–water partition coefficient (Wildman–Crippen LogP) is 4.43. The Labute approximate surface area is 107 Å². The van der Waals surface area contributed by atoms with Gasteiger partial charge in [0.15, 0.2) is 0 Å². The zero-order chi connectivity index (χ0) is 12.3. The van der Waals surface area contributed by atoms with Crippen molar-refractivity contribution in [3.8, 4) is 0 Å². The predicted molar refractivity (Wildman–Crippen MR) is 74.7 cm³/mol. The second-order valence-corrected chi connectivity index (χ2v) is 5.28.